The lowest BCUT2D eigenvalue weighted by atomic mass is 10.1. The summed E-state index contributed by atoms with van der Waals surface area (Å²) < 4.78 is 35.9. The van der Waals surface area contributed by atoms with E-state index in [2.05, 4.69) is 0 Å². The van der Waals surface area contributed by atoms with Gasteiger partial charge in [0.05, 0.1) is 22.5 Å². The van der Waals surface area contributed by atoms with E-state index in [1.165, 1.54) is 0 Å². The first-order valence-electron chi connectivity index (χ1n) is 8.22. The molecule has 0 N–H and O–H groups in total. The maximum absolute atomic E-state index is 12.7. The molecule has 0 heterocycles. The van der Waals surface area contributed by atoms with E-state index in [1.807, 2.05) is 0 Å². The first kappa shape index (κ1) is 17.6. The molecular weight excluding hydrogens is 340 g/mol. The number of hydrogen-bond donors (Lipinski definition) is 0. The fraction of sp³-hybridized carbons (Fsp3) is 0.316. The lowest BCUT2D eigenvalue weighted by molar-refractivity contribution is -0.150. The normalized spacial score (nSPS) is 16.4. The first-order chi connectivity index (χ1) is 12.0. The van der Waals surface area contributed by atoms with E-state index >= 15 is 0 Å². The van der Waals surface area contributed by atoms with Crippen LogP contribution in [0.4, 0.5) is 0 Å². The summed E-state index contributed by atoms with van der Waals surface area (Å²) in [6, 6.07) is 13.5. The molecule has 1 unspecified atom stereocenters. The van der Waals surface area contributed by atoms with Crippen molar-refractivity contribution in [3.05, 3.63) is 59.7 Å². The van der Waals surface area contributed by atoms with Crippen molar-refractivity contribution in [2.45, 2.75) is 35.7 Å². The van der Waals surface area contributed by atoms with E-state index in [-0.39, 0.29) is 28.5 Å². The van der Waals surface area contributed by atoms with Crippen LogP contribution in [0.5, 0.6) is 0 Å². The average molecular weight is 360 g/mol. The summed E-state index contributed by atoms with van der Waals surface area (Å²) in [7, 11) is -3.53. The molecule has 0 fully saturated rings. The van der Waals surface area contributed by atoms with E-state index < -0.39 is 9.84 Å². The van der Waals surface area contributed by atoms with Gasteiger partial charge in [-0.3, -0.25) is 0 Å². The van der Waals surface area contributed by atoms with Crippen LogP contribution >= 0.6 is 0 Å². The topological polar surface area (TPSA) is 69.7 Å². The van der Waals surface area contributed by atoms with Gasteiger partial charge in [-0.15, -0.1) is 0 Å². The Morgan fingerprint density at radius 1 is 1.12 bits per heavy atom. The number of carbonyl (C=O) groups is 1. The van der Waals surface area contributed by atoms with Crippen LogP contribution in [0.25, 0.3) is 0 Å². The van der Waals surface area contributed by atoms with Crippen molar-refractivity contribution >= 4 is 15.8 Å². The number of aryl methyl sites for hydroxylation is 1. The molecule has 1 aliphatic rings. The summed E-state index contributed by atoms with van der Waals surface area (Å²) >= 11 is 0. The van der Waals surface area contributed by atoms with Crippen molar-refractivity contribution in [2.75, 3.05) is 13.2 Å². The molecule has 2 aromatic carbocycles. The third-order valence-corrected chi connectivity index (χ3v) is 5.98. The summed E-state index contributed by atoms with van der Waals surface area (Å²) in [4.78, 5) is 12.0. The van der Waals surface area contributed by atoms with Crippen LogP contribution in [0, 0.1) is 0 Å². The van der Waals surface area contributed by atoms with Gasteiger partial charge in [-0.05, 0) is 55.2 Å². The number of sulfone groups is 1. The highest BCUT2D eigenvalue weighted by Crippen LogP contribution is 2.36. The van der Waals surface area contributed by atoms with Crippen LogP contribution in [-0.2, 0) is 30.5 Å². The molecule has 25 heavy (non-hydrogen) atoms. The van der Waals surface area contributed by atoms with Gasteiger partial charge in [-0.2, -0.15) is 0 Å². The zero-order valence-electron chi connectivity index (χ0n) is 14.0. The Morgan fingerprint density at radius 3 is 2.60 bits per heavy atom. The Morgan fingerprint density at radius 2 is 1.88 bits per heavy atom. The van der Waals surface area contributed by atoms with Crippen molar-refractivity contribution in [1.29, 1.82) is 0 Å². The second-order valence-corrected chi connectivity index (χ2v) is 7.77. The second kappa shape index (κ2) is 7.37. The number of hydrogen-bond acceptors (Lipinski definition) is 5. The van der Waals surface area contributed by atoms with Crippen molar-refractivity contribution in [1.82, 2.24) is 0 Å². The van der Waals surface area contributed by atoms with Crippen molar-refractivity contribution < 1.29 is 22.7 Å². The van der Waals surface area contributed by atoms with Gasteiger partial charge in [0.2, 0.25) is 9.84 Å². The van der Waals surface area contributed by atoms with Crippen LogP contribution in [0.3, 0.4) is 0 Å². The Hall–Kier alpha value is -2.18. The highest BCUT2D eigenvalue weighted by atomic mass is 32.2. The standard InChI is InChI=1S/C19H20O5S/c1-2-23-19(20)13-24-18-11-8-14-12-16(9-10-17(14)18)25(21,22)15-6-4-3-5-7-15/h3-7,9-10,12,18H,2,8,11,13H2,1H3. The molecule has 2 aromatic rings. The van der Waals surface area contributed by atoms with Gasteiger partial charge in [-0.25, -0.2) is 13.2 Å². The van der Waals surface area contributed by atoms with E-state index in [0.29, 0.717) is 6.61 Å². The minimum atomic E-state index is -3.53. The fourth-order valence-electron chi connectivity index (χ4n) is 3.00. The number of ether oxygens (including phenoxy) is 2. The summed E-state index contributed by atoms with van der Waals surface area (Å²) in [6.45, 7) is 1.98. The van der Waals surface area contributed by atoms with Crippen LogP contribution < -0.4 is 0 Å². The molecule has 0 aromatic heterocycles. The van der Waals surface area contributed by atoms with E-state index in [4.69, 9.17) is 9.47 Å². The SMILES string of the molecule is CCOC(=O)COC1CCc2cc(S(=O)(=O)c3ccccc3)ccc21. The number of esters is 1. The largest absolute Gasteiger partial charge is 0.464 e. The van der Waals surface area contributed by atoms with Crippen molar-refractivity contribution in [2.24, 2.45) is 0 Å². The lowest BCUT2D eigenvalue weighted by Crippen LogP contribution is -2.14. The number of rotatable bonds is 6. The molecule has 0 amide bonds. The predicted molar refractivity (Wildman–Crippen MR) is 92.0 cm³/mol. The lowest BCUT2D eigenvalue weighted by Gasteiger charge is -2.13. The highest BCUT2D eigenvalue weighted by molar-refractivity contribution is 7.91. The maximum atomic E-state index is 12.7. The monoisotopic (exact) mass is 360 g/mol. The predicted octanol–water partition coefficient (Wildman–Crippen LogP) is 3.09. The van der Waals surface area contributed by atoms with Gasteiger partial charge in [0.1, 0.15) is 6.61 Å². The maximum Gasteiger partial charge on any atom is 0.332 e. The van der Waals surface area contributed by atoms with Crippen molar-refractivity contribution in [3.8, 4) is 0 Å². The molecule has 0 saturated carbocycles. The van der Waals surface area contributed by atoms with Gasteiger partial charge >= 0.3 is 5.97 Å². The molecule has 0 spiro atoms. The Kier molecular flexibility index (Phi) is 5.20. The average Bonchev–Trinajstić information content (AvgIpc) is 3.03. The van der Waals surface area contributed by atoms with Gasteiger partial charge < -0.3 is 9.47 Å². The highest BCUT2D eigenvalue weighted by Gasteiger charge is 2.26. The van der Waals surface area contributed by atoms with E-state index in [1.54, 1.807) is 55.5 Å². The molecule has 0 radical (unpaired) electrons. The number of fused-ring (bicyclic) bond motifs is 1. The zero-order valence-corrected chi connectivity index (χ0v) is 14.8. The third kappa shape index (κ3) is 3.75. The van der Waals surface area contributed by atoms with Gasteiger partial charge in [-0.1, -0.05) is 24.3 Å². The Labute approximate surface area is 147 Å². The number of carbonyl (C=O) groups excluding carboxylic acids is 1. The number of benzene rings is 2. The summed E-state index contributed by atoms with van der Waals surface area (Å²) in [6.07, 6.45) is 1.25. The summed E-state index contributed by atoms with van der Waals surface area (Å²) in [5.74, 6) is -0.390. The second-order valence-electron chi connectivity index (χ2n) is 5.82. The fourth-order valence-corrected chi connectivity index (χ4v) is 4.33. The Bertz CT molecular complexity index is 859. The van der Waals surface area contributed by atoms with Gasteiger partial charge in [0, 0.05) is 0 Å². The van der Waals surface area contributed by atoms with Crippen LogP contribution in [0.2, 0.25) is 0 Å². The Balaban J connectivity index is 1.79. The van der Waals surface area contributed by atoms with Crippen molar-refractivity contribution in [3.63, 3.8) is 0 Å². The first-order valence-corrected chi connectivity index (χ1v) is 9.71. The molecule has 5 nitrogen and oxygen atoms in total. The van der Waals surface area contributed by atoms with Gasteiger partial charge in [0.15, 0.2) is 0 Å². The molecule has 0 saturated heterocycles. The molecule has 1 atom stereocenters. The zero-order chi connectivity index (χ0) is 17.9. The molecular formula is C19H20O5S. The quantitative estimate of drug-likeness (QED) is 0.741. The minimum Gasteiger partial charge on any atom is -0.464 e. The third-order valence-electron chi connectivity index (χ3n) is 4.21. The molecule has 3 rings (SSSR count). The molecule has 132 valence electrons. The van der Waals surface area contributed by atoms with E-state index in [9.17, 15) is 13.2 Å². The summed E-state index contributed by atoms with van der Waals surface area (Å²) in [5, 5.41) is 0. The van der Waals surface area contributed by atoms with Crippen LogP contribution in [0.15, 0.2) is 58.3 Å². The molecule has 1 aliphatic carbocycles. The molecule has 6 heteroatoms. The van der Waals surface area contributed by atoms with Crippen LogP contribution in [0.1, 0.15) is 30.6 Å². The molecule has 0 bridgehead atoms. The van der Waals surface area contributed by atoms with Crippen LogP contribution in [-0.4, -0.2) is 27.6 Å². The van der Waals surface area contributed by atoms with E-state index in [0.717, 1.165) is 24.0 Å². The smallest absolute Gasteiger partial charge is 0.332 e. The minimum absolute atomic E-state index is 0.0952. The summed E-state index contributed by atoms with van der Waals surface area (Å²) in [5.41, 5.74) is 1.89. The molecule has 0 aliphatic heterocycles. The van der Waals surface area contributed by atoms with Gasteiger partial charge in [0.25, 0.3) is 0 Å².